The van der Waals surface area contributed by atoms with E-state index in [1.165, 1.54) is 24.1 Å². The van der Waals surface area contributed by atoms with E-state index in [2.05, 4.69) is 5.32 Å². The van der Waals surface area contributed by atoms with E-state index in [4.69, 9.17) is 16.3 Å². The summed E-state index contributed by atoms with van der Waals surface area (Å²) in [5.74, 6) is -0.463. The lowest BCUT2D eigenvalue weighted by Crippen LogP contribution is -2.55. The van der Waals surface area contributed by atoms with Crippen LogP contribution in [-0.2, 0) is 26.2 Å². The molecule has 0 saturated carbocycles. The van der Waals surface area contributed by atoms with E-state index in [9.17, 15) is 18.0 Å². The third-order valence-electron chi connectivity index (χ3n) is 6.13. The van der Waals surface area contributed by atoms with Gasteiger partial charge in [0.25, 0.3) is 10.0 Å². The van der Waals surface area contributed by atoms with Gasteiger partial charge in [0, 0.05) is 23.2 Å². The van der Waals surface area contributed by atoms with Gasteiger partial charge in [-0.15, -0.1) is 0 Å². The molecule has 0 saturated heterocycles. The Balaban J connectivity index is 2.09. The predicted molar refractivity (Wildman–Crippen MR) is 158 cm³/mol. The summed E-state index contributed by atoms with van der Waals surface area (Å²) in [5, 5.41) is 3.39. The molecule has 0 aromatic heterocycles. The van der Waals surface area contributed by atoms with Crippen molar-refractivity contribution in [1.82, 2.24) is 10.2 Å². The molecule has 3 aromatic rings. The maximum absolute atomic E-state index is 14.1. The first kappa shape index (κ1) is 31.0. The number of halogens is 1. The van der Waals surface area contributed by atoms with E-state index in [1.807, 2.05) is 20.8 Å². The molecule has 3 rings (SSSR count). The minimum absolute atomic E-state index is 0.0198. The average molecular weight is 586 g/mol. The molecule has 0 radical (unpaired) electrons. The zero-order valence-corrected chi connectivity index (χ0v) is 25.0. The van der Waals surface area contributed by atoms with Crippen LogP contribution in [0.5, 0.6) is 5.75 Å². The number of anilines is 1. The fraction of sp³-hybridized carbons (Fsp3) is 0.333. The van der Waals surface area contributed by atoms with Crippen LogP contribution < -0.4 is 14.4 Å². The van der Waals surface area contributed by atoms with Gasteiger partial charge in [-0.05, 0) is 63.1 Å². The van der Waals surface area contributed by atoms with E-state index in [1.54, 1.807) is 73.7 Å². The molecule has 0 aliphatic heterocycles. The monoisotopic (exact) mass is 585 g/mol. The number of methoxy groups -OCH3 is 1. The number of nitrogens with zero attached hydrogens (tertiary/aromatic N) is 2. The molecule has 0 spiro atoms. The third kappa shape index (κ3) is 7.76. The molecule has 40 heavy (non-hydrogen) atoms. The molecule has 0 bridgehead atoms. The van der Waals surface area contributed by atoms with Crippen molar-refractivity contribution in [3.63, 3.8) is 0 Å². The summed E-state index contributed by atoms with van der Waals surface area (Å²) >= 11 is 6.44. The highest BCUT2D eigenvalue weighted by Gasteiger charge is 2.35. The van der Waals surface area contributed by atoms with E-state index in [0.29, 0.717) is 22.8 Å². The van der Waals surface area contributed by atoms with Gasteiger partial charge >= 0.3 is 0 Å². The molecule has 1 atom stereocenters. The SMILES string of the molecule is CCC(C(=O)NC(C)(C)C)N(Cc1ccccc1Cl)C(=O)CN(c1cccc(OC)c1)S(=O)(=O)c1ccccc1. The summed E-state index contributed by atoms with van der Waals surface area (Å²) in [6, 6.07) is 20.6. The highest BCUT2D eigenvalue weighted by Crippen LogP contribution is 2.28. The van der Waals surface area contributed by atoms with E-state index < -0.39 is 34.1 Å². The molecule has 2 amide bonds. The Morgan fingerprint density at radius 2 is 1.62 bits per heavy atom. The lowest BCUT2D eigenvalue weighted by atomic mass is 10.1. The number of carbonyl (C=O) groups is 2. The molecule has 1 unspecified atom stereocenters. The highest BCUT2D eigenvalue weighted by molar-refractivity contribution is 7.92. The van der Waals surface area contributed by atoms with E-state index in [-0.39, 0.29) is 23.0 Å². The molecule has 0 aliphatic rings. The molecule has 1 N–H and O–H groups in total. The molecule has 0 aliphatic carbocycles. The van der Waals surface area contributed by atoms with Crippen LogP contribution in [0.4, 0.5) is 5.69 Å². The molecule has 3 aromatic carbocycles. The van der Waals surface area contributed by atoms with Crippen molar-refractivity contribution in [2.75, 3.05) is 18.0 Å². The van der Waals surface area contributed by atoms with Crippen molar-refractivity contribution in [2.45, 2.75) is 57.1 Å². The number of carbonyl (C=O) groups excluding carboxylic acids is 2. The number of ether oxygens (including phenoxy) is 1. The lowest BCUT2D eigenvalue weighted by molar-refractivity contribution is -0.141. The van der Waals surface area contributed by atoms with Crippen LogP contribution in [0.15, 0.2) is 83.8 Å². The van der Waals surface area contributed by atoms with E-state index in [0.717, 1.165) is 4.31 Å². The maximum Gasteiger partial charge on any atom is 0.264 e. The quantitative estimate of drug-likeness (QED) is 0.331. The van der Waals surface area contributed by atoms with Gasteiger partial charge < -0.3 is 15.0 Å². The summed E-state index contributed by atoms with van der Waals surface area (Å²) in [6.07, 6.45) is 0.308. The van der Waals surface area contributed by atoms with Crippen LogP contribution in [0.25, 0.3) is 0 Å². The Morgan fingerprint density at radius 3 is 2.23 bits per heavy atom. The number of amides is 2. The summed E-state index contributed by atoms with van der Waals surface area (Å²) in [4.78, 5) is 28.9. The summed E-state index contributed by atoms with van der Waals surface area (Å²) in [7, 11) is -2.69. The van der Waals surface area contributed by atoms with Gasteiger partial charge in [0.15, 0.2) is 0 Å². The molecular weight excluding hydrogens is 550 g/mol. The van der Waals surface area contributed by atoms with Crippen molar-refractivity contribution >= 4 is 39.1 Å². The van der Waals surface area contributed by atoms with Crippen molar-refractivity contribution in [1.29, 1.82) is 0 Å². The number of sulfonamides is 1. The van der Waals surface area contributed by atoms with Crippen molar-refractivity contribution in [2.24, 2.45) is 0 Å². The molecule has 214 valence electrons. The molecule has 10 heteroatoms. The molecule has 0 fully saturated rings. The largest absolute Gasteiger partial charge is 0.497 e. The molecular formula is C30H36ClN3O5S. The summed E-state index contributed by atoms with van der Waals surface area (Å²) in [5.41, 5.74) is 0.354. The standard InChI is InChI=1S/C30H36ClN3O5S/c1-6-27(29(36)32-30(2,3)4)33(20-22-13-10-11-18-26(22)31)28(35)21-34(23-14-12-15-24(19-23)39-5)40(37,38)25-16-8-7-9-17-25/h7-19,27H,6,20-21H2,1-5H3,(H,32,36). The first-order chi connectivity index (χ1) is 18.9. The minimum Gasteiger partial charge on any atom is -0.497 e. The smallest absolute Gasteiger partial charge is 0.264 e. The number of hydrogen-bond donors (Lipinski definition) is 1. The van der Waals surface area contributed by atoms with Gasteiger partial charge in [-0.3, -0.25) is 13.9 Å². The Labute approximate surface area is 241 Å². The van der Waals surface area contributed by atoms with Crippen LogP contribution in [0, 0.1) is 0 Å². The van der Waals surface area contributed by atoms with Crippen LogP contribution in [0.3, 0.4) is 0 Å². The summed E-state index contributed by atoms with van der Waals surface area (Å²) < 4.78 is 34.1. The van der Waals surface area contributed by atoms with Crippen molar-refractivity contribution < 1.29 is 22.7 Å². The maximum atomic E-state index is 14.1. The second-order valence-electron chi connectivity index (χ2n) is 10.3. The van der Waals surface area contributed by atoms with Crippen molar-refractivity contribution in [3.05, 3.63) is 89.4 Å². The Hall–Kier alpha value is -3.56. The van der Waals surface area contributed by atoms with Crippen molar-refractivity contribution in [3.8, 4) is 5.75 Å². The zero-order chi connectivity index (χ0) is 29.5. The first-order valence-corrected chi connectivity index (χ1v) is 14.8. The van der Waals surface area contributed by atoms with Crippen LogP contribution in [-0.4, -0.2) is 50.4 Å². The predicted octanol–water partition coefficient (Wildman–Crippen LogP) is 5.27. The second kappa shape index (κ2) is 13.2. The van der Waals surface area contributed by atoms with Gasteiger partial charge in [-0.2, -0.15) is 0 Å². The Morgan fingerprint density at radius 1 is 0.975 bits per heavy atom. The van der Waals surface area contributed by atoms with Gasteiger partial charge in [0.1, 0.15) is 18.3 Å². The Kier molecular flexibility index (Phi) is 10.2. The van der Waals surface area contributed by atoms with Gasteiger partial charge in [-0.25, -0.2) is 8.42 Å². The number of hydrogen-bond acceptors (Lipinski definition) is 5. The number of nitrogens with one attached hydrogen (secondary N) is 1. The number of rotatable bonds is 11. The normalized spacial score (nSPS) is 12.3. The van der Waals surface area contributed by atoms with Crippen LogP contribution >= 0.6 is 11.6 Å². The fourth-order valence-electron chi connectivity index (χ4n) is 4.20. The molecule has 0 heterocycles. The zero-order valence-electron chi connectivity index (χ0n) is 23.4. The van der Waals surface area contributed by atoms with Gasteiger partial charge in [-0.1, -0.05) is 61.0 Å². The fourth-order valence-corrected chi connectivity index (χ4v) is 5.82. The average Bonchev–Trinajstić information content (AvgIpc) is 2.92. The first-order valence-electron chi connectivity index (χ1n) is 12.9. The van der Waals surface area contributed by atoms with Crippen LogP contribution in [0.1, 0.15) is 39.7 Å². The van der Waals surface area contributed by atoms with Gasteiger partial charge in [0.05, 0.1) is 17.7 Å². The van der Waals surface area contributed by atoms with Gasteiger partial charge in [0.2, 0.25) is 11.8 Å². The van der Waals surface area contributed by atoms with Crippen LogP contribution in [0.2, 0.25) is 5.02 Å². The third-order valence-corrected chi connectivity index (χ3v) is 8.29. The lowest BCUT2D eigenvalue weighted by Gasteiger charge is -2.35. The minimum atomic E-state index is -4.17. The summed E-state index contributed by atoms with van der Waals surface area (Å²) in [6.45, 7) is 6.85. The topological polar surface area (TPSA) is 96.0 Å². The van der Waals surface area contributed by atoms with E-state index >= 15 is 0 Å². The molecule has 8 nitrogen and oxygen atoms in total. The second-order valence-corrected chi connectivity index (χ2v) is 12.6. The number of benzene rings is 3. The Bertz CT molecular complexity index is 1420. The highest BCUT2D eigenvalue weighted by atomic mass is 35.5.